The second-order valence-corrected chi connectivity index (χ2v) is 6.40. The Labute approximate surface area is 141 Å². The second-order valence-electron chi connectivity index (χ2n) is 5.00. The lowest BCUT2D eigenvalue weighted by Gasteiger charge is -2.20. The molecule has 0 radical (unpaired) electrons. The number of carbonyl (C=O) groups is 1. The van der Waals surface area contributed by atoms with Crippen molar-refractivity contribution in [3.8, 4) is 5.75 Å². The van der Waals surface area contributed by atoms with Crippen molar-refractivity contribution in [2.45, 2.75) is 19.4 Å². The molecule has 2 aromatic rings. The van der Waals surface area contributed by atoms with Crippen LogP contribution in [-0.2, 0) is 4.79 Å². The molecule has 5 heteroatoms. The highest BCUT2D eigenvalue weighted by atomic mass is 32.2. The number of pyridine rings is 1. The molecule has 0 saturated carbocycles. The van der Waals surface area contributed by atoms with E-state index in [9.17, 15) is 4.79 Å². The molecule has 0 aliphatic heterocycles. The standard InChI is InChI=1S/C18H22N2O2S/c1-3-23-13-10-17(21)20-18(15-8-11-19-12-9-15)14-4-6-16(22-2)7-5-14/h4-9,11-12,18H,3,10,13H2,1-2H3,(H,20,21). The average Bonchev–Trinajstić information content (AvgIpc) is 2.61. The summed E-state index contributed by atoms with van der Waals surface area (Å²) in [6, 6.07) is 11.4. The van der Waals surface area contributed by atoms with Gasteiger partial charge < -0.3 is 10.1 Å². The molecule has 1 heterocycles. The minimum absolute atomic E-state index is 0.0589. The highest BCUT2D eigenvalue weighted by Gasteiger charge is 2.16. The van der Waals surface area contributed by atoms with E-state index in [0.717, 1.165) is 28.4 Å². The summed E-state index contributed by atoms with van der Waals surface area (Å²) >= 11 is 1.77. The Morgan fingerprint density at radius 1 is 1.17 bits per heavy atom. The molecule has 1 atom stereocenters. The van der Waals surface area contributed by atoms with Crippen molar-refractivity contribution in [3.05, 3.63) is 59.9 Å². The van der Waals surface area contributed by atoms with Crippen LogP contribution in [0.15, 0.2) is 48.8 Å². The van der Waals surface area contributed by atoms with Crippen molar-refractivity contribution in [1.29, 1.82) is 0 Å². The predicted molar refractivity (Wildman–Crippen MR) is 94.8 cm³/mol. The minimum Gasteiger partial charge on any atom is -0.497 e. The molecule has 1 aromatic heterocycles. The maximum absolute atomic E-state index is 12.2. The first-order chi connectivity index (χ1) is 11.2. The van der Waals surface area contributed by atoms with E-state index in [-0.39, 0.29) is 11.9 Å². The summed E-state index contributed by atoms with van der Waals surface area (Å²) < 4.78 is 5.20. The van der Waals surface area contributed by atoms with Gasteiger partial charge in [0.2, 0.25) is 5.91 Å². The summed E-state index contributed by atoms with van der Waals surface area (Å²) in [5, 5.41) is 3.13. The lowest BCUT2D eigenvalue weighted by Crippen LogP contribution is -2.29. The molecule has 1 N–H and O–H groups in total. The van der Waals surface area contributed by atoms with Gasteiger partial charge in [0.05, 0.1) is 13.2 Å². The molecule has 4 nitrogen and oxygen atoms in total. The van der Waals surface area contributed by atoms with Crippen LogP contribution < -0.4 is 10.1 Å². The number of nitrogens with one attached hydrogen (secondary N) is 1. The highest BCUT2D eigenvalue weighted by Crippen LogP contribution is 2.24. The Morgan fingerprint density at radius 2 is 1.83 bits per heavy atom. The topological polar surface area (TPSA) is 51.2 Å². The van der Waals surface area contributed by atoms with Gasteiger partial charge in [-0.25, -0.2) is 0 Å². The number of ether oxygens (including phenoxy) is 1. The van der Waals surface area contributed by atoms with Crippen LogP contribution in [0, 0.1) is 0 Å². The zero-order valence-electron chi connectivity index (χ0n) is 13.5. The molecule has 1 aromatic carbocycles. The molecule has 0 bridgehead atoms. The first-order valence-electron chi connectivity index (χ1n) is 7.65. The van der Waals surface area contributed by atoms with Gasteiger partial charge in [0.1, 0.15) is 5.75 Å². The molecular weight excluding hydrogens is 308 g/mol. The fourth-order valence-electron chi connectivity index (χ4n) is 2.25. The maximum Gasteiger partial charge on any atom is 0.221 e. The molecule has 0 aliphatic rings. The molecule has 0 aliphatic carbocycles. The second kappa shape index (κ2) is 9.20. The van der Waals surface area contributed by atoms with Crippen molar-refractivity contribution >= 4 is 17.7 Å². The number of amides is 1. The quantitative estimate of drug-likeness (QED) is 0.753. The van der Waals surface area contributed by atoms with Gasteiger partial charge >= 0.3 is 0 Å². The molecule has 2 rings (SSSR count). The van der Waals surface area contributed by atoms with Gasteiger partial charge in [0.25, 0.3) is 0 Å². The summed E-state index contributed by atoms with van der Waals surface area (Å²) in [7, 11) is 1.64. The lowest BCUT2D eigenvalue weighted by atomic mass is 9.99. The summed E-state index contributed by atoms with van der Waals surface area (Å²) in [4.78, 5) is 16.3. The first kappa shape index (κ1) is 17.3. The van der Waals surface area contributed by atoms with Crippen LogP contribution >= 0.6 is 11.8 Å². The van der Waals surface area contributed by atoms with Gasteiger partial charge in [0, 0.05) is 24.6 Å². The predicted octanol–water partition coefficient (Wildman–Crippen LogP) is 3.44. The Morgan fingerprint density at radius 3 is 2.43 bits per heavy atom. The van der Waals surface area contributed by atoms with Crippen molar-refractivity contribution in [2.24, 2.45) is 0 Å². The van der Waals surface area contributed by atoms with Crippen LogP contribution in [0.1, 0.15) is 30.5 Å². The van der Waals surface area contributed by atoms with E-state index in [4.69, 9.17) is 4.74 Å². The molecule has 23 heavy (non-hydrogen) atoms. The molecule has 1 amide bonds. The number of methoxy groups -OCH3 is 1. The number of hydrogen-bond acceptors (Lipinski definition) is 4. The van der Waals surface area contributed by atoms with E-state index in [2.05, 4.69) is 17.2 Å². The number of aromatic nitrogens is 1. The third kappa shape index (κ3) is 5.28. The summed E-state index contributed by atoms with van der Waals surface area (Å²) in [6.07, 6.45) is 4.01. The average molecular weight is 330 g/mol. The normalized spacial score (nSPS) is 11.7. The van der Waals surface area contributed by atoms with E-state index in [0.29, 0.717) is 6.42 Å². The van der Waals surface area contributed by atoms with Crippen molar-refractivity contribution in [3.63, 3.8) is 0 Å². The van der Waals surface area contributed by atoms with Gasteiger partial charge in [0.15, 0.2) is 0 Å². The van der Waals surface area contributed by atoms with Gasteiger partial charge in [-0.1, -0.05) is 19.1 Å². The fourth-order valence-corrected chi connectivity index (χ4v) is 2.87. The van der Waals surface area contributed by atoms with E-state index >= 15 is 0 Å². The fraction of sp³-hybridized carbons (Fsp3) is 0.333. The van der Waals surface area contributed by atoms with Crippen molar-refractivity contribution < 1.29 is 9.53 Å². The van der Waals surface area contributed by atoms with Gasteiger partial charge in [-0.05, 0) is 41.1 Å². The van der Waals surface area contributed by atoms with Crippen LogP contribution in [0.2, 0.25) is 0 Å². The van der Waals surface area contributed by atoms with E-state index in [1.54, 1.807) is 31.3 Å². The first-order valence-corrected chi connectivity index (χ1v) is 8.81. The summed E-state index contributed by atoms with van der Waals surface area (Å²) in [6.45, 7) is 2.10. The number of nitrogens with zero attached hydrogens (tertiary/aromatic N) is 1. The zero-order chi connectivity index (χ0) is 16.5. The monoisotopic (exact) mass is 330 g/mol. The molecule has 0 fully saturated rings. The third-order valence-electron chi connectivity index (χ3n) is 3.47. The summed E-state index contributed by atoms with van der Waals surface area (Å²) in [5.74, 6) is 2.73. The van der Waals surface area contributed by atoms with Crippen LogP contribution in [-0.4, -0.2) is 29.5 Å². The largest absolute Gasteiger partial charge is 0.497 e. The minimum atomic E-state index is -0.178. The Kier molecular flexibility index (Phi) is 6.94. The Bertz CT molecular complexity index is 602. The van der Waals surface area contributed by atoms with Crippen molar-refractivity contribution in [2.75, 3.05) is 18.6 Å². The lowest BCUT2D eigenvalue weighted by molar-refractivity contribution is -0.121. The molecule has 1 unspecified atom stereocenters. The third-order valence-corrected chi connectivity index (χ3v) is 4.37. The number of rotatable bonds is 8. The Hall–Kier alpha value is -2.01. The van der Waals surface area contributed by atoms with Crippen LogP contribution in [0.4, 0.5) is 0 Å². The molecule has 122 valence electrons. The molecular formula is C18H22N2O2S. The zero-order valence-corrected chi connectivity index (χ0v) is 14.3. The maximum atomic E-state index is 12.2. The van der Waals surface area contributed by atoms with Crippen molar-refractivity contribution in [1.82, 2.24) is 10.3 Å². The molecule has 0 saturated heterocycles. The van der Waals surface area contributed by atoms with Gasteiger partial charge in [-0.2, -0.15) is 11.8 Å². The SMILES string of the molecule is CCSCCC(=O)NC(c1ccncc1)c1ccc(OC)cc1. The smallest absolute Gasteiger partial charge is 0.221 e. The number of thioether (sulfide) groups is 1. The van der Waals surface area contributed by atoms with Gasteiger partial charge in [-0.15, -0.1) is 0 Å². The number of hydrogen-bond donors (Lipinski definition) is 1. The van der Waals surface area contributed by atoms with E-state index in [1.807, 2.05) is 36.4 Å². The van der Waals surface area contributed by atoms with Crippen LogP contribution in [0.25, 0.3) is 0 Å². The number of carbonyl (C=O) groups excluding carboxylic acids is 1. The van der Waals surface area contributed by atoms with E-state index < -0.39 is 0 Å². The van der Waals surface area contributed by atoms with Crippen LogP contribution in [0.3, 0.4) is 0 Å². The highest BCUT2D eigenvalue weighted by molar-refractivity contribution is 7.99. The Balaban J connectivity index is 2.16. The number of benzene rings is 1. The summed E-state index contributed by atoms with van der Waals surface area (Å²) in [5.41, 5.74) is 2.04. The molecule has 0 spiro atoms. The van der Waals surface area contributed by atoms with Crippen LogP contribution in [0.5, 0.6) is 5.75 Å². The van der Waals surface area contributed by atoms with E-state index in [1.165, 1.54) is 0 Å². The van der Waals surface area contributed by atoms with Gasteiger partial charge in [-0.3, -0.25) is 9.78 Å².